The van der Waals surface area contributed by atoms with Gasteiger partial charge in [0.15, 0.2) is 0 Å². The van der Waals surface area contributed by atoms with Gasteiger partial charge in [-0.15, -0.1) is 0 Å². The van der Waals surface area contributed by atoms with E-state index in [4.69, 9.17) is 4.98 Å². The molecule has 0 bridgehead atoms. The minimum atomic E-state index is 1.02. The quantitative estimate of drug-likeness (QED) is 0.659. The molecule has 0 aliphatic heterocycles. The van der Waals surface area contributed by atoms with Crippen molar-refractivity contribution in [2.75, 3.05) is 0 Å². The second-order valence-electron chi connectivity index (χ2n) is 4.75. The van der Waals surface area contributed by atoms with Gasteiger partial charge in [0.05, 0.1) is 5.69 Å². The van der Waals surface area contributed by atoms with Gasteiger partial charge in [0, 0.05) is 17.8 Å². The van der Waals surface area contributed by atoms with Crippen LogP contribution in [0, 0.1) is 0 Å². The van der Waals surface area contributed by atoms with E-state index in [9.17, 15) is 0 Å². The number of imidazole rings is 1. The number of allylic oxidation sites excluding steroid dienone is 2. The molecule has 0 saturated carbocycles. The summed E-state index contributed by atoms with van der Waals surface area (Å²) in [5.74, 6) is 0. The van der Waals surface area contributed by atoms with Crippen LogP contribution >= 0.6 is 0 Å². The summed E-state index contributed by atoms with van der Waals surface area (Å²) in [4.78, 5) is 4.83. The fraction of sp³-hybridized carbons (Fsp3) is 0.235. The van der Waals surface area contributed by atoms with Gasteiger partial charge >= 0.3 is 0 Å². The molecule has 0 radical (unpaired) electrons. The van der Waals surface area contributed by atoms with Gasteiger partial charge in [-0.3, -0.25) is 0 Å². The maximum absolute atomic E-state index is 4.83. The molecule has 2 aromatic heterocycles. The largest absolute Gasteiger partial charge is 0.306 e. The van der Waals surface area contributed by atoms with Crippen LogP contribution in [-0.2, 0) is 0 Å². The highest BCUT2D eigenvalue weighted by molar-refractivity contribution is 5.94. The zero-order valence-electron chi connectivity index (χ0n) is 11.4. The predicted octanol–water partition coefficient (Wildman–Crippen LogP) is 4.69. The number of benzene rings is 1. The summed E-state index contributed by atoms with van der Waals surface area (Å²) in [5, 5.41) is 2.45. The van der Waals surface area contributed by atoms with Gasteiger partial charge in [-0.1, -0.05) is 44.2 Å². The van der Waals surface area contributed by atoms with Gasteiger partial charge in [0.25, 0.3) is 0 Å². The van der Waals surface area contributed by atoms with Gasteiger partial charge < -0.3 is 4.40 Å². The first kappa shape index (κ1) is 12.0. The van der Waals surface area contributed by atoms with E-state index in [1.807, 2.05) is 0 Å². The molecule has 96 valence electrons. The minimum Gasteiger partial charge on any atom is -0.306 e. The highest BCUT2D eigenvalue weighted by atomic mass is 15.0. The van der Waals surface area contributed by atoms with Crippen molar-refractivity contribution in [1.29, 1.82) is 0 Å². The van der Waals surface area contributed by atoms with Crippen molar-refractivity contribution >= 4 is 22.0 Å². The highest BCUT2D eigenvalue weighted by Crippen LogP contribution is 2.23. The average molecular weight is 250 g/mol. The third kappa shape index (κ3) is 2.03. The number of rotatable bonds is 3. The normalized spacial score (nSPS) is 12.4. The van der Waals surface area contributed by atoms with Crippen LogP contribution in [-0.4, -0.2) is 9.38 Å². The highest BCUT2D eigenvalue weighted by Gasteiger charge is 2.07. The molecule has 0 atom stereocenters. The lowest BCUT2D eigenvalue weighted by molar-refractivity contribution is 1.15. The molecule has 0 amide bonds. The number of hydrogen-bond donors (Lipinski definition) is 0. The number of fused-ring (bicyclic) bond motifs is 3. The predicted molar refractivity (Wildman–Crippen MR) is 81.3 cm³/mol. The summed E-state index contributed by atoms with van der Waals surface area (Å²) in [7, 11) is 0. The first-order chi connectivity index (χ1) is 9.33. The van der Waals surface area contributed by atoms with Crippen molar-refractivity contribution in [3.05, 3.63) is 54.5 Å². The van der Waals surface area contributed by atoms with Crippen LogP contribution in [0.4, 0.5) is 0 Å². The number of hydrogen-bond acceptors (Lipinski definition) is 1. The van der Waals surface area contributed by atoms with Crippen molar-refractivity contribution in [2.24, 2.45) is 0 Å². The Balaban J connectivity index is 2.25. The molecule has 0 aliphatic rings. The smallest absolute Gasteiger partial charge is 0.145 e. The fourth-order valence-corrected chi connectivity index (χ4v) is 2.54. The molecule has 0 fully saturated rings. The number of nitrogens with zero attached hydrogens (tertiary/aromatic N) is 2. The molecule has 1 aromatic carbocycles. The van der Waals surface area contributed by atoms with Crippen LogP contribution in [0.5, 0.6) is 0 Å². The molecule has 2 nitrogen and oxygen atoms in total. The maximum Gasteiger partial charge on any atom is 0.145 e. The van der Waals surface area contributed by atoms with Crippen molar-refractivity contribution < 1.29 is 0 Å². The van der Waals surface area contributed by atoms with E-state index < -0.39 is 0 Å². The van der Waals surface area contributed by atoms with Crippen LogP contribution in [0.1, 0.15) is 32.4 Å². The Bertz CT molecular complexity index is 750. The summed E-state index contributed by atoms with van der Waals surface area (Å²) in [5.41, 5.74) is 3.47. The molecule has 19 heavy (non-hydrogen) atoms. The summed E-state index contributed by atoms with van der Waals surface area (Å²) in [6.45, 7) is 4.35. The van der Waals surface area contributed by atoms with Gasteiger partial charge in [-0.2, -0.15) is 0 Å². The molecule has 3 aromatic rings. The molecule has 0 aliphatic carbocycles. The summed E-state index contributed by atoms with van der Waals surface area (Å²) in [6, 6.07) is 10.5. The molecule has 0 N–H and O–H groups in total. The number of aromatic nitrogens is 2. The molecule has 3 rings (SSSR count). The maximum atomic E-state index is 4.83. The molecule has 2 heteroatoms. The lowest BCUT2D eigenvalue weighted by Gasteiger charge is -1.98. The van der Waals surface area contributed by atoms with Crippen molar-refractivity contribution in [1.82, 2.24) is 9.38 Å². The minimum absolute atomic E-state index is 1.02. The van der Waals surface area contributed by atoms with Crippen molar-refractivity contribution in [3.8, 4) is 0 Å². The van der Waals surface area contributed by atoms with Gasteiger partial charge in [-0.25, -0.2) is 4.98 Å². The summed E-state index contributed by atoms with van der Waals surface area (Å²) >= 11 is 0. The molecule has 2 heterocycles. The fourth-order valence-electron chi connectivity index (χ4n) is 2.54. The second-order valence-corrected chi connectivity index (χ2v) is 4.75. The number of pyridine rings is 1. The van der Waals surface area contributed by atoms with E-state index in [2.05, 4.69) is 67.0 Å². The van der Waals surface area contributed by atoms with E-state index in [0.717, 1.165) is 24.2 Å². The molecule has 0 saturated heterocycles. The zero-order chi connectivity index (χ0) is 13.2. The first-order valence-electron chi connectivity index (χ1n) is 6.89. The second kappa shape index (κ2) is 4.88. The van der Waals surface area contributed by atoms with Crippen molar-refractivity contribution in [2.45, 2.75) is 26.7 Å². The monoisotopic (exact) mass is 250 g/mol. The van der Waals surface area contributed by atoms with E-state index in [1.54, 1.807) is 0 Å². The Morgan fingerprint density at radius 1 is 1.21 bits per heavy atom. The van der Waals surface area contributed by atoms with Crippen LogP contribution in [0.3, 0.4) is 0 Å². The van der Waals surface area contributed by atoms with Gasteiger partial charge in [0.2, 0.25) is 0 Å². The Kier molecular flexibility index (Phi) is 3.08. The zero-order valence-corrected chi connectivity index (χ0v) is 11.4. The standard InChI is InChI=1S/C17H18N2/c1-3-7-13(4-2)16-12-19-11-10-14-8-5-6-9-15(14)17(19)18-16/h5-12H,3-4H2,1-2H3/b13-7+. The lowest BCUT2D eigenvalue weighted by atomic mass is 10.1. The van der Waals surface area contributed by atoms with E-state index >= 15 is 0 Å². The van der Waals surface area contributed by atoms with Crippen molar-refractivity contribution in [3.63, 3.8) is 0 Å². The Morgan fingerprint density at radius 3 is 2.84 bits per heavy atom. The van der Waals surface area contributed by atoms with Crippen LogP contribution in [0.2, 0.25) is 0 Å². The van der Waals surface area contributed by atoms with Gasteiger partial charge in [0.1, 0.15) is 5.65 Å². The van der Waals surface area contributed by atoms with E-state index in [0.29, 0.717) is 0 Å². The topological polar surface area (TPSA) is 17.3 Å². The Labute approximate surface area is 113 Å². The molecule has 0 unspecified atom stereocenters. The van der Waals surface area contributed by atoms with Crippen LogP contribution in [0.15, 0.2) is 48.8 Å². The molecular weight excluding hydrogens is 232 g/mol. The average Bonchev–Trinajstić information content (AvgIpc) is 2.89. The van der Waals surface area contributed by atoms with E-state index in [1.165, 1.54) is 16.3 Å². The Hall–Kier alpha value is -2.09. The van der Waals surface area contributed by atoms with Gasteiger partial charge in [-0.05, 0) is 29.9 Å². The third-order valence-corrected chi connectivity index (χ3v) is 3.51. The van der Waals surface area contributed by atoms with E-state index in [-0.39, 0.29) is 0 Å². The lowest BCUT2D eigenvalue weighted by Crippen LogP contribution is -1.83. The SMILES string of the molecule is CC/C=C(\CC)c1cn2ccc3ccccc3c2n1. The Morgan fingerprint density at radius 2 is 2.05 bits per heavy atom. The van der Waals surface area contributed by atoms with Crippen LogP contribution < -0.4 is 0 Å². The molecule has 0 spiro atoms. The first-order valence-corrected chi connectivity index (χ1v) is 6.89. The van der Waals surface area contributed by atoms with Crippen LogP contribution in [0.25, 0.3) is 22.0 Å². The summed E-state index contributed by atoms with van der Waals surface area (Å²) < 4.78 is 2.12. The summed E-state index contributed by atoms with van der Waals surface area (Å²) in [6.07, 6.45) is 8.57. The molecular formula is C17H18N2. The third-order valence-electron chi connectivity index (χ3n) is 3.51.